The van der Waals surface area contributed by atoms with E-state index in [1.54, 1.807) is 18.2 Å². The maximum absolute atomic E-state index is 13.4. The Hall–Kier alpha value is -2.76. The molecule has 0 radical (unpaired) electrons. The average Bonchev–Trinajstić information content (AvgIpc) is 2.54. The van der Waals surface area contributed by atoms with Gasteiger partial charge in [0.25, 0.3) is 5.91 Å². The van der Waals surface area contributed by atoms with Gasteiger partial charge in [-0.2, -0.15) is 0 Å². The zero-order valence-corrected chi connectivity index (χ0v) is 12.2. The molecule has 0 aliphatic carbocycles. The SMILES string of the molecule is O=C(COC(=O)Cc1ccc(F)cc1)NCc1ccccc1F. The van der Waals surface area contributed by atoms with Gasteiger partial charge >= 0.3 is 5.97 Å². The van der Waals surface area contributed by atoms with Crippen molar-refractivity contribution in [3.63, 3.8) is 0 Å². The first kappa shape index (κ1) is 16.6. The number of carbonyl (C=O) groups excluding carboxylic acids is 2. The van der Waals surface area contributed by atoms with E-state index in [1.807, 2.05) is 0 Å². The largest absolute Gasteiger partial charge is 0.455 e. The first-order valence-electron chi connectivity index (χ1n) is 6.95. The van der Waals surface area contributed by atoms with Crippen molar-refractivity contribution < 1.29 is 23.1 Å². The van der Waals surface area contributed by atoms with Crippen LogP contribution in [0, 0.1) is 11.6 Å². The summed E-state index contributed by atoms with van der Waals surface area (Å²) in [5.74, 6) is -1.94. The van der Waals surface area contributed by atoms with Gasteiger partial charge in [0.1, 0.15) is 11.6 Å². The summed E-state index contributed by atoms with van der Waals surface area (Å²) in [5, 5.41) is 2.46. The number of rotatable bonds is 6. The number of carbonyl (C=O) groups is 2. The first-order chi connectivity index (χ1) is 11.0. The Morgan fingerprint density at radius 1 is 1.00 bits per heavy atom. The summed E-state index contributed by atoms with van der Waals surface area (Å²) >= 11 is 0. The lowest BCUT2D eigenvalue weighted by molar-refractivity contribution is -0.147. The van der Waals surface area contributed by atoms with E-state index in [0.717, 1.165) is 0 Å². The highest BCUT2D eigenvalue weighted by atomic mass is 19.1. The Labute approximate surface area is 132 Å². The molecule has 0 aliphatic heterocycles. The highest BCUT2D eigenvalue weighted by Crippen LogP contribution is 2.06. The molecule has 0 spiro atoms. The lowest BCUT2D eigenvalue weighted by atomic mass is 10.1. The van der Waals surface area contributed by atoms with Crippen molar-refractivity contribution in [3.8, 4) is 0 Å². The monoisotopic (exact) mass is 319 g/mol. The summed E-state index contributed by atoms with van der Waals surface area (Å²) in [5.41, 5.74) is 0.932. The standard InChI is InChI=1S/C17H15F2NO3/c18-14-7-5-12(6-8-14)9-17(22)23-11-16(21)20-10-13-3-1-2-4-15(13)19/h1-8H,9-11H2,(H,20,21). The number of nitrogens with one attached hydrogen (secondary N) is 1. The van der Waals surface area contributed by atoms with Crippen LogP contribution in [0.4, 0.5) is 8.78 Å². The van der Waals surface area contributed by atoms with E-state index in [1.165, 1.54) is 30.3 Å². The fraction of sp³-hybridized carbons (Fsp3) is 0.176. The topological polar surface area (TPSA) is 55.4 Å². The fourth-order valence-corrected chi connectivity index (χ4v) is 1.85. The lowest BCUT2D eigenvalue weighted by Crippen LogP contribution is -2.29. The van der Waals surface area contributed by atoms with Crippen molar-refractivity contribution in [1.82, 2.24) is 5.32 Å². The second kappa shape index (κ2) is 8.03. The Morgan fingerprint density at radius 2 is 1.70 bits per heavy atom. The van der Waals surface area contributed by atoms with E-state index < -0.39 is 30.1 Å². The maximum atomic E-state index is 13.4. The van der Waals surface area contributed by atoms with Gasteiger partial charge in [0.05, 0.1) is 6.42 Å². The van der Waals surface area contributed by atoms with Crippen LogP contribution >= 0.6 is 0 Å². The quantitative estimate of drug-likeness (QED) is 0.832. The van der Waals surface area contributed by atoms with Crippen molar-refractivity contribution in [2.24, 2.45) is 0 Å². The number of esters is 1. The van der Waals surface area contributed by atoms with Crippen LogP contribution in [0.2, 0.25) is 0 Å². The molecule has 0 heterocycles. The minimum Gasteiger partial charge on any atom is -0.455 e. The van der Waals surface area contributed by atoms with Crippen LogP contribution in [0.5, 0.6) is 0 Å². The Balaban J connectivity index is 1.72. The summed E-state index contributed by atoms with van der Waals surface area (Å²) in [6, 6.07) is 11.5. The zero-order chi connectivity index (χ0) is 16.7. The maximum Gasteiger partial charge on any atom is 0.310 e. The molecule has 0 aromatic heterocycles. The highest BCUT2D eigenvalue weighted by molar-refractivity contribution is 5.81. The number of benzene rings is 2. The fourth-order valence-electron chi connectivity index (χ4n) is 1.85. The van der Waals surface area contributed by atoms with Crippen LogP contribution in [0.3, 0.4) is 0 Å². The molecular weight excluding hydrogens is 304 g/mol. The second-order valence-corrected chi connectivity index (χ2v) is 4.83. The van der Waals surface area contributed by atoms with Crippen LogP contribution in [0.25, 0.3) is 0 Å². The van der Waals surface area contributed by atoms with Crippen LogP contribution in [0.15, 0.2) is 48.5 Å². The van der Waals surface area contributed by atoms with Gasteiger partial charge in [0.2, 0.25) is 0 Å². The Kier molecular flexibility index (Phi) is 5.80. The molecule has 1 amide bonds. The predicted octanol–water partition coefficient (Wildman–Crippen LogP) is 2.37. The van der Waals surface area contributed by atoms with Gasteiger partial charge in [-0.15, -0.1) is 0 Å². The van der Waals surface area contributed by atoms with Crippen molar-refractivity contribution in [1.29, 1.82) is 0 Å². The molecule has 6 heteroatoms. The van der Waals surface area contributed by atoms with Crippen molar-refractivity contribution in [2.75, 3.05) is 6.61 Å². The predicted molar refractivity (Wildman–Crippen MR) is 79.3 cm³/mol. The van der Waals surface area contributed by atoms with Gasteiger partial charge in [0, 0.05) is 12.1 Å². The van der Waals surface area contributed by atoms with Crippen LogP contribution in [-0.2, 0) is 27.3 Å². The van der Waals surface area contributed by atoms with Crippen LogP contribution in [-0.4, -0.2) is 18.5 Å². The van der Waals surface area contributed by atoms with E-state index in [-0.39, 0.29) is 13.0 Å². The molecule has 0 saturated carbocycles. The van der Waals surface area contributed by atoms with Gasteiger partial charge in [-0.25, -0.2) is 8.78 Å². The van der Waals surface area contributed by atoms with Crippen molar-refractivity contribution >= 4 is 11.9 Å². The van der Waals surface area contributed by atoms with Crippen molar-refractivity contribution in [2.45, 2.75) is 13.0 Å². The molecule has 0 unspecified atom stereocenters. The summed E-state index contributed by atoms with van der Waals surface area (Å²) in [6.45, 7) is -0.435. The number of amides is 1. The third-order valence-corrected chi connectivity index (χ3v) is 3.06. The van der Waals surface area contributed by atoms with Gasteiger partial charge in [-0.1, -0.05) is 30.3 Å². The number of ether oxygens (including phenoxy) is 1. The molecule has 1 N–H and O–H groups in total. The van der Waals surface area contributed by atoms with E-state index >= 15 is 0 Å². The average molecular weight is 319 g/mol. The van der Waals surface area contributed by atoms with Gasteiger partial charge < -0.3 is 10.1 Å². The molecule has 0 saturated heterocycles. The third kappa shape index (κ3) is 5.50. The smallest absolute Gasteiger partial charge is 0.310 e. The number of hydrogen-bond donors (Lipinski definition) is 1. The molecule has 120 valence electrons. The van der Waals surface area contributed by atoms with Crippen LogP contribution < -0.4 is 5.32 Å². The van der Waals surface area contributed by atoms with Gasteiger partial charge in [0.15, 0.2) is 6.61 Å². The molecule has 2 aromatic rings. The van der Waals surface area contributed by atoms with Gasteiger partial charge in [-0.05, 0) is 23.8 Å². The van der Waals surface area contributed by atoms with E-state index in [0.29, 0.717) is 11.1 Å². The molecule has 4 nitrogen and oxygen atoms in total. The van der Waals surface area contributed by atoms with E-state index in [2.05, 4.69) is 5.32 Å². The van der Waals surface area contributed by atoms with Gasteiger partial charge in [-0.3, -0.25) is 9.59 Å². The second-order valence-electron chi connectivity index (χ2n) is 4.83. The van der Waals surface area contributed by atoms with Crippen molar-refractivity contribution in [3.05, 3.63) is 71.3 Å². The molecule has 0 bridgehead atoms. The minimum atomic E-state index is -0.599. The Morgan fingerprint density at radius 3 is 2.39 bits per heavy atom. The summed E-state index contributed by atoms with van der Waals surface area (Å²) < 4.78 is 30.9. The first-order valence-corrected chi connectivity index (χ1v) is 6.95. The minimum absolute atomic E-state index is 0.0149. The molecule has 2 aromatic carbocycles. The molecule has 0 aliphatic rings. The van der Waals surface area contributed by atoms with E-state index in [9.17, 15) is 18.4 Å². The third-order valence-electron chi connectivity index (χ3n) is 3.06. The van der Waals surface area contributed by atoms with Crippen LogP contribution in [0.1, 0.15) is 11.1 Å². The molecule has 0 fully saturated rings. The molecular formula is C17H15F2NO3. The lowest BCUT2D eigenvalue weighted by Gasteiger charge is -2.07. The molecule has 0 atom stereocenters. The van der Waals surface area contributed by atoms with E-state index in [4.69, 9.17) is 4.74 Å². The summed E-state index contributed by atoms with van der Waals surface area (Å²) in [6.07, 6.45) is -0.0547. The highest BCUT2D eigenvalue weighted by Gasteiger charge is 2.09. The summed E-state index contributed by atoms with van der Waals surface area (Å²) in [7, 11) is 0. The summed E-state index contributed by atoms with van der Waals surface area (Å²) in [4.78, 5) is 23.1. The number of halogens is 2. The normalized spacial score (nSPS) is 10.2. The molecule has 23 heavy (non-hydrogen) atoms. The zero-order valence-electron chi connectivity index (χ0n) is 12.2. The molecule has 2 rings (SSSR count). The Bertz CT molecular complexity index is 686. The number of hydrogen-bond acceptors (Lipinski definition) is 3.